The molecular weight excluding hydrogens is 273 g/mol. The van der Waals surface area contributed by atoms with Gasteiger partial charge in [-0.15, -0.1) is 0 Å². The predicted molar refractivity (Wildman–Crippen MR) is 64.3 cm³/mol. The molecule has 0 spiro atoms. The Morgan fingerprint density at radius 3 is 2.58 bits per heavy atom. The quantitative estimate of drug-likeness (QED) is 0.799. The average Bonchev–Trinajstić information content (AvgIpc) is 2.70. The molecule has 1 saturated heterocycles. The minimum atomic E-state index is -4.49. The van der Waals surface area contributed by atoms with Gasteiger partial charge in [0.15, 0.2) is 0 Å². The summed E-state index contributed by atoms with van der Waals surface area (Å²) in [4.78, 5) is 41.3. The van der Waals surface area contributed by atoms with E-state index in [1.165, 1.54) is 0 Å². The van der Waals surface area contributed by atoms with E-state index in [1.807, 2.05) is 0 Å². The van der Waals surface area contributed by atoms with E-state index in [-0.39, 0.29) is 6.54 Å². The highest BCUT2D eigenvalue weighted by Gasteiger charge is 2.38. The van der Waals surface area contributed by atoms with Crippen LogP contribution in [0.5, 0.6) is 0 Å². The Balaban J connectivity index is 2.08. The van der Waals surface area contributed by atoms with E-state index in [9.17, 15) is 14.2 Å². The van der Waals surface area contributed by atoms with Gasteiger partial charge < -0.3 is 14.5 Å². The highest BCUT2D eigenvalue weighted by molar-refractivity contribution is 7.52. The molecule has 1 aromatic carbocycles. The van der Waals surface area contributed by atoms with E-state index in [4.69, 9.17) is 14.5 Å². The molecule has 1 fully saturated rings. The normalized spacial score (nSPS) is 19.4. The molecule has 1 aliphatic rings. The van der Waals surface area contributed by atoms with Crippen molar-refractivity contribution < 1.29 is 28.7 Å². The molecule has 1 unspecified atom stereocenters. The maximum atomic E-state index is 11.6. The van der Waals surface area contributed by atoms with Gasteiger partial charge in [0.05, 0.1) is 6.54 Å². The SMILES string of the molecule is O=C(CP(=O)(O)O)N1CC(c2ccccc2)OC1=O. The fraction of sp³-hybridized carbons (Fsp3) is 0.273. The van der Waals surface area contributed by atoms with Crippen LogP contribution in [-0.2, 0) is 14.1 Å². The van der Waals surface area contributed by atoms with Crippen LogP contribution in [0.2, 0.25) is 0 Å². The smallest absolute Gasteiger partial charge is 0.417 e. The van der Waals surface area contributed by atoms with E-state index < -0.39 is 31.9 Å². The summed E-state index contributed by atoms with van der Waals surface area (Å²) in [7, 11) is -4.49. The number of carbonyl (C=O) groups excluding carboxylic acids is 2. The minimum absolute atomic E-state index is 0.0400. The van der Waals surface area contributed by atoms with E-state index in [1.54, 1.807) is 30.3 Å². The molecule has 19 heavy (non-hydrogen) atoms. The third kappa shape index (κ3) is 3.41. The molecule has 2 amide bonds. The van der Waals surface area contributed by atoms with E-state index >= 15 is 0 Å². The van der Waals surface area contributed by atoms with Crippen molar-refractivity contribution in [3.63, 3.8) is 0 Å². The van der Waals surface area contributed by atoms with Crippen molar-refractivity contribution in [3.05, 3.63) is 35.9 Å². The van der Waals surface area contributed by atoms with Crippen molar-refractivity contribution in [2.24, 2.45) is 0 Å². The number of cyclic esters (lactones) is 1. The van der Waals surface area contributed by atoms with Crippen LogP contribution in [0.25, 0.3) is 0 Å². The highest BCUT2D eigenvalue weighted by Crippen LogP contribution is 2.35. The first-order valence-corrected chi connectivity index (χ1v) is 7.27. The van der Waals surface area contributed by atoms with Crippen molar-refractivity contribution in [1.29, 1.82) is 0 Å². The number of nitrogens with zero attached hydrogens (tertiary/aromatic N) is 1. The monoisotopic (exact) mass is 285 g/mol. The molecule has 1 atom stereocenters. The van der Waals surface area contributed by atoms with Gasteiger partial charge in [0, 0.05) is 0 Å². The molecule has 0 aromatic heterocycles. The Hall–Kier alpha value is -1.69. The zero-order valence-corrected chi connectivity index (χ0v) is 10.7. The molecule has 1 aliphatic heterocycles. The van der Waals surface area contributed by atoms with E-state index in [0.717, 1.165) is 10.5 Å². The molecule has 0 bridgehead atoms. The topological polar surface area (TPSA) is 104 Å². The third-order valence-corrected chi connectivity index (χ3v) is 3.31. The fourth-order valence-electron chi connectivity index (χ4n) is 1.77. The Morgan fingerprint density at radius 2 is 2.00 bits per heavy atom. The van der Waals surface area contributed by atoms with Crippen molar-refractivity contribution in [2.45, 2.75) is 6.10 Å². The zero-order chi connectivity index (χ0) is 14.0. The Labute approximate surface area is 108 Å². The largest absolute Gasteiger partial charge is 0.439 e. The number of ether oxygens (including phenoxy) is 1. The summed E-state index contributed by atoms with van der Waals surface area (Å²) >= 11 is 0. The predicted octanol–water partition coefficient (Wildman–Crippen LogP) is 0.884. The highest BCUT2D eigenvalue weighted by atomic mass is 31.2. The molecular formula is C11H12NO6P. The molecule has 102 valence electrons. The van der Waals surface area contributed by atoms with Gasteiger partial charge in [-0.05, 0) is 5.56 Å². The number of carbonyl (C=O) groups is 2. The summed E-state index contributed by atoms with van der Waals surface area (Å²) in [5.41, 5.74) is 0.724. The van der Waals surface area contributed by atoms with E-state index in [0.29, 0.717) is 0 Å². The standard InChI is InChI=1S/C11H12NO6P/c13-10(7-19(15,16)17)12-6-9(18-11(12)14)8-4-2-1-3-5-8/h1-5,9H,6-7H2,(H2,15,16,17). The summed E-state index contributed by atoms with van der Waals surface area (Å²) < 4.78 is 15.8. The number of rotatable bonds is 3. The van der Waals surface area contributed by atoms with Gasteiger partial charge in [-0.25, -0.2) is 9.69 Å². The lowest BCUT2D eigenvalue weighted by Crippen LogP contribution is -2.33. The van der Waals surface area contributed by atoms with Crippen LogP contribution in [0.15, 0.2) is 30.3 Å². The van der Waals surface area contributed by atoms with Crippen LogP contribution in [0.4, 0.5) is 4.79 Å². The second kappa shape index (κ2) is 5.13. The molecule has 2 N–H and O–H groups in total. The Morgan fingerprint density at radius 1 is 1.37 bits per heavy atom. The lowest BCUT2D eigenvalue weighted by molar-refractivity contribution is -0.125. The van der Waals surface area contributed by atoms with Crippen molar-refractivity contribution in [1.82, 2.24) is 4.90 Å². The summed E-state index contributed by atoms with van der Waals surface area (Å²) in [6, 6.07) is 8.83. The number of hydrogen-bond donors (Lipinski definition) is 2. The summed E-state index contributed by atoms with van der Waals surface area (Å²) in [6.07, 6.45) is -2.48. The summed E-state index contributed by atoms with van der Waals surface area (Å²) in [5, 5.41) is 0. The average molecular weight is 285 g/mol. The lowest BCUT2D eigenvalue weighted by atomic mass is 10.1. The molecule has 8 heteroatoms. The summed E-state index contributed by atoms with van der Waals surface area (Å²) in [5.74, 6) is -0.934. The van der Waals surface area contributed by atoms with Crippen LogP contribution < -0.4 is 0 Å². The molecule has 0 radical (unpaired) electrons. The molecule has 7 nitrogen and oxygen atoms in total. The maximum absolute atomic E-state index is 11.6. The van der Waals surface area contributed by atoms with Gasteiger partial charge in [-0.1, -0.05) is 30.3 Å². The molecule has 0 saturated carbocycles. The summed E-state index contributed by atoms with van der Waals surface area (Å²) in [6.45, 7) is -0.0400. The first-order valence-electron chi connectivity index (χ1n) is 5.47. The number of benzene rings is 1. The third-order valence-electron chi connectivity index (χ3n) is 2.63. The van der Waals surface area contributed by atoms with Gasteiger partial charge in [0.2, 0.25) is 5.91 Å². The van der Waals surface area contributed by atoms with Crippen LogP contribution in [0.1, 0.15) is 11.7 Å². The number of amides is 2. The molecule has 1 aromatic rings. The fourth-order valence-corrected chi connectivity index (χ4v) is 2.29. The second-order valence-corrected chi connectivity index (χ2v) is 5.76. The zero-order valence-electron chi connectivity index (χ0n) is 9.80. The Bertz CT molecular complexity index is 539. The molecule has 0 aliphatic carbocycles. The first-order chi connectivity index (χ1) is 8.87. The van der Waals surface area contributed by atoms with Crippen LogP contribution >= 0.6 is 7.60 Å². The van der Waals surface area contributed by atoms with Crippen LogP contribution in [-0.4, -0.2) is 39.4 Å². The number of imide groups is 1. The van der Waals surface area contributed by atoms with Crippen molar-refractivity contribution in [3.8, 4) is 0 Å². The molecule has 1 heterocycles. The van der Waals surface area contributed by atoms with Crippen molar-refractivity contribution in [2.75, 3.05) is 12.7 Å². The Kier molecular flexibility index (Phi) is 3.71. The first kappa shape index (κ1) is 13.7. The van der Waals surface area contributed by atoms with Gasteiger partial charge >= 0.3 is 13.7 Å². The van der Waals surface area contributed by atoms with Crippen molar-refractivity contribution >= 4 is 19.6 Å². The minimum Gasteiger partial charge on any atom is -0.439 e. The van der Waals surface area contributed by atoms with Gasteiger partial charge in [0.1, 0.15) is 12.3 Å². The van der Waals surface area contributed by atoms with Crippen LogP contribution in [0.3, 0.4) is 0 Å². The van der Waals surface area contributed by atoms with Gasteiger partial charge in [-0.2, -0.15) is 0 Å². The van der Waals surface area contributed by atoms with Gasteiger partial charge in [0.25, 0.3) is 0 Å². The number of hydrogen-bond acceptors (Lipinski definition) is 4. The lowest BCUT2D eigenvalue weighted by Gasteiger charge is -2.11. The second-order valence-electron chi connectivity index (χ2n) is 4.11. The molecule has 2 rings (SSSR count). The van der Waals surface area contributed by atoms with E-state index in [2.05, 4.69) is 0 Å². The van der Waals surface area contributed by atoms with Gasteiger partial charge in [-0.3, -0.25) is 9.36 Å². The van der Waals surface area contributed by atoms with Crippen LogP contribution in [0, 0.1) is 0 Å². The maximum Gasteiger partial charge on any atom is 0.417 e.